The van der Waals surface area contributed by atoms with E-state index < -0.39 is 4.92 Å². The average molecular weight is 359 g/mol. The van der Waals surface area contributed by atoms with Crippen molar-refractivity contribution >= 4 is 11.4 Å². The molecule has 2 N–H and O–H groups in total. The summed E-state index contributed by atoms with van der Waals surface area (Å²) in [5.74, 6) is 0.311. The first-order valence-electron chi connectivity index (χ1n) is 8.73. The number of hydrogen-bond donors (Lipinski definition) is 1. The first-order chi connectivity index (χ1) is 13.1. The number of benzene rings is 2. The number of nitro groups is 1. The predicted molar refractivity (Wildman–Crippen MR) is 100 cm³/mol. The normalized spacial score (nSPS) is 18.7. The molecule has 0 saturated carbocycles. The van der Waals surface area contributed by atoms with Crippen molar-refractivity contribution in [1.82, 2.24) is 0 Å². The van der Waals surface area contributed by atoms with Crippen molar-refractivity contribution in [2.24, 2.45) is 5.73 Å². The van der Waals surface area contributed by atoms with Crippen LogP contribution in [0.15, 0.2) is 65.6 Å². The maximum absolute atomic E-state index is 11.3. The van der Waals surface area contributed by atoms with E-state index >= 15 is 0 Å². The molecule has 6 nitrogen and oxygen atoms in total. The van der Waals surface area contributed by atoms with Gasteiger partial charge in [0, 0.05) is 23.6 Å². The Kier molecular flexibility index (Phi) is 4.13. The fourth-order valence-corrected chi connectivity index (χ4v) is 3.87. The number of nitrogens with zero attached hydrogens (tertiary/aromatic N) is 2. The second-order valence-electron chi connectivity index (χ2n) is 6.64. The number of fused-ring (bicyclic) bond motifs is 2. The molecular weight excluding hydrogens is 342 g/mol. The van der Waals surface area contributed by atoms with E-state index in [0.29, 0.717) is 16.9 Å². The molecule has 0 radical (unpaired) electrons. The number of hydrogen-bond acceptors (Lipinski definition) is 5. The fraction of sp³-hybridized carbons (Fsp3) is 0.190. The van der Waals surface area contributed by atoms with E-state index in [1.807, 2.05) is 30.3 Å². The molecular formula is C21H17N3O3. The summed E-state index contributed by atoms with van der Waals surface area (Å²) >= 11 is 0. The van der Waals surface area contributed by atoms with Crippen molar-refractivity contribution in [2.45, 2.75) is 25.2 Å². The fourth-order valence-electron chi connectivity index (χ4n) is 3.87. The molecule has 27 heavy (non-hydrogen) atoms. The second-order valence-corrected chi connectivity index (χ2v) is 6.64. The highest BCUT2D eigenvalue weighted by molar-refractivity contribution is 5.74. The summed E-state index contributed by atoms with van der Waals surface area (Å²) < 4.78 is 5.88. The van der Waals surface area contributed by atoms with Crippen LogP contribution in [0.1, 0.15) is 35.4 Å². The molecule has 1 aliphatic carbocycles. The molecule has 0 amide bonds. The SMILES string of the molecule is N#CC1=C(N)OC2=C(CCCc3ccc([N+](=O)[O-])cc32)C1c1ccccc1. The zero-order chi connectivity index (χ0) is 19.0. The van der Waals surface area contributed by atoms with Gasteiger partial charge in [-0.3, -0.25) is 10.1 Å². The zero-order valence-corrected chi connectivity index (χ0v) is 14.5. The third-order valence-corrected chi connectivity index (χ3v) is 5.10. The van der Waals surface area contributed by atoms with Crippen LogP contribution in [0, 0.1) is 21.4 Å². The number of rotatable bonds is 2. The molecule has 1 atom stereocenters. The maximum Gasteiger partial charge on any atom is 0.270 e. The highest BCUT2D eigenvalue weighted by Crippen LogP contribution is 2.46. The number of nitro benzene ring substituents is 1. The lowest BCUT2D eigenvalue weighted by atomic mass is 9.81. The van der Waals surface area contributed by atoms with Crippen LogP contribution in [0.3, 0.4) is 0 Å². The van der Waals surface area contributed by atoms with E-state index in [0.717, 1.165) is 36.0 Å². The molecule has 2 aromatic rings. The van der Waals surface area contributed by atoms with Crippen LogP contribution in [-0.4, -0.2) is 4.92 Å². The van der Waals surface area contributed by atoms with E-state index in [4.69, 9.17) is 10.5 Å². The Morgan fingerprint density at radius 1 is 1.19 bits per heavy atom. The Morgan fingerprint density at radius 3 is 2.67 bits per heavy atom. The van der Waals surface area contributed by atoms with Crippen molar-refractivity contribution < 1.29 is 9.66 Å². The van der Waals surface area contributed by atoms with E-state index in [2.05, 4.69) is 6.07 Å². The topological polar surface area (TPSA) is 102 Å². The van der Waals surface area contributed by atoms with Gasteiger partial charge in [-0.05, 0) is 36.0 Å². The van der Waals surface area contributed by atoms with Crippen molar-refractivity contribution in [3.8, 4) is 6.07 Å². The van der Waals surface area contributed by atoms with Gasteiger partial charge in [-0.25, -0.2) is 0 Å². The zero-order valence-electron chi connectivity index (χ0n) is 14.5. The van der Waals surface area contributed by atoms with Crippen LogP contribution in [0.25, 0.3) is 5.76 Å². The monoisotopic (exact) mass is 359 g/mol. The summed E-state index contributed by atoms with van der Waals surface area (Å²) in [6.07, 6.45) is 2.39. The average Bonchev–Trinajstić information content (AvgIpc) is 2.86. The quantitative estimate of drug-likeness (QED) is 0.641. The van der Waals surface area contributed by atoms with Crippen LogP contribution in [0.5, 0.6) is 0 Å². The molecule has 2 aromatic carbocycles. The van der Waals surface area contributed by atoms with E-state index in [1.165, 1.54) is 6.07 Å². The molecule has 4 rings (SSSR count). The van der Waals surface area contributed by atoms with Crippen LogP contribution in [0.2, 0.25) is 0 Å². The predicted octanol–water partition coefficient (Wildman–Crippen LogP) is 4.15. The van der Waals surface area contributed by atoms with Crippen molar-refractivity contribution in [3.63, 3.8) is 0 Å². The number of ether oxygens (including phenoxy) is 1. The van der Waals surface area contributed by atoms with Gasteiger partial charge in [-0.1, -0.05) is 36.4 Å². The second kappa shape index (κ2) is 6.61. The summed E-state index contributed by atoms with van der Waals surface area (Å²) in [5.41, 5.74) is 10.1. The Balaban J connectivity index is 1.95. The van der Waals surface area contributed by atoms with Crippen molar-refractivity contribution in [2.75, 3.05) is 0 Å². The van der Waals surface area contributed by atoms with Gasteiger partial charge in [0.05, 0.1) is 4.92 Å². The number of aryl methyl sites for hydroxylation is 1. The van der Waals surface area contributed by atoms with Gasteiger partial charge in [-0.15, -0.1) is 0 Å². The summed E-state index contributed by atoms with van der Waals surface area (Å²) in [6.45, 7) is 0. The molecule has 2 aliphatic rings. The van der Waals surface area contributed by atoms with Crippen molar-refractivity contribution in [3.05, 3.63) is 92.4 Å². The minimum absolute atomic E-state index is 0.0102. The van der Waals surface area contributed by atoms with Crippen LogP contribution in [0.4, 0.5) is 5.69 Å². The van der Waals surface area contributed by atoms with E-state index in [1.54, 1.807) is 12.1 Å². The highest BCUT2D eigenvalue weighted by atomic mass is 16.6. The highest BCUT2D eigenvalue weighted by Gasteiger charge is 2.35. The summed E-state index contributed by atoms with van der Waals surface area (Å²) in [6, 6.07) is 16.7. The lowest BCUT2D eigenvalue weighted by Gasteiger charge is -2.29. The molecule has 1 heterocycles. The lowest BCUT2D eigenvalue weighted by Crippen LogP contribution is -2.20. The van der Waals surface area contributed by atoms with Gasteiger partial charge in [0.15, 0.2) is 0 Å². The lowest BCUT2D eigenvalue weighted by molar-refractivity contribution is -0.384. The minimum Gasteiger partial charge on any atom is -0.440 e. The number of allylic oxidation sites excluding steroid dienone is 2. The van der Waals surface area contributed by atoms with Crippen molar-refractivity contribution in [1.29, 1.82) is 5.26 Å². The Bertz CT molecular complexity index is 1030. The van der Waals surface area contributed by atoms with Gasteiger partial charge in [-0.2, -0.15) is 5.26 Å². The van der Waals surface area contributed by atoms with Crippen LogP contribution in [-0.2, 0) is 11.2 Å². The molecule has 0 spiro atoms. The molecule has 1 unspecified atom stereocenters. The number of non-ortho nitro benzene ring substituents is 1. The van der Waals surface area contributed by atoms with Gasteiger partial charge >= 0.3 is 0 Å². The maximum atomic E-state index is 11.3. The van der Waals surface area contributed by atoms with Gasteiger partial charge in [0.2, 0.25) is 5.88 Å². The Labute approximate surface area is 156 Å². The Hall–Kier alpha value is -3.59. The van der Waals surface area contributed by atoms with E-state index in [9.17, 15) is 15.4 Å². The van der Waals surface area contributed by atoms with Crippen LogP contribution >= 0.6 is 0 Å². The molecule has 6 heteroatoms. The standard InChI is InChI=1S/C21H17N3O3/c22-12-18-19(14-5-2-1-3-6-14)16-8-4-7-13-9-10-15(24(25)26)11-17(13)20(16)27-21(18)23/h1-3,5-6,9-11,19H,4,7-8,23H2. The molecule has 0 bridgehead atoms. The Morgan fingerprint density at radius 2 is 1.96 bits per heavy atom. The summed E-state index contributed by atoms with van der Waals surface area (Å²) in [4.78, 5) is 10.8. The number of nitrogens with two attached hydrogens (primary N) is 1. The summed E-state index contributed by atoms with van der Waals surface area (Å²) in [7, 11) is 0. The number of nitriles is 1. The van der Waals surface area contributed by atoms with Gasteiger partial charge in [0.1, 0.15) is 17.4 Å². The third-order valence-electron chi connectivity index (χ3n) is 5.10. The molecule has 1 aliphatic heterocycles. The largest absolute Gasteiger partial charge is 0.440 e. The van der Waals surface area contributed by atoms with Crippen LogP contribution < -0.4 is 5.73 Å². The molecule has 134 valence electrons. The molecule has 0 saturated heterocycles. The molecule has 0 fully saturated rings. The smallest absolute Gasteiger partial charge is 0.270 e. The first-order valence-corrected chi connectivity index (χ1v) is 8.73. The molecule has 0 aromatic heterocycles. The van der Waals surface area contributed by atoms with Gasteiger partial charge in [0.25, 0.3) is 5.69 Å². The van der Waals surface area contributed by atoms with E-state index in [-0.39, 0.29) is 17.5 Å². The third kappa shape index (κ3) is 2.83. The summed E-state index contributed by atoms with van der Waals surface area (Å²) in [5, 5.41) is 20.9. The minimum atomic E-state index is -0.414. The van der Waals surface area contributed by atoms with Gasteiger partial charge < -0.3 is 10.5 Å². The first kappa shape index (κ1) is 16.9.